The third kappa shape index (κ3) is 4.86. The van der Waals surface area contributed by atoms with Crippen LogP contribution >= 0.6 is 0 Å². The highest BCUT2D eigenvalue weighted by molar-refractivity contribution is 5.90. The lowest BCUT2D eigenvalue weighted by molar-refractivity contribution is -0.123. The molecule has 0 aliphatic carbocycles. The molecule has 1 saturated heterocycles. The molecule has 0 spiro atoms. The van der Waals surface area contributed by atoms with E-state index in [1.165, 1.54) is 0 Å². The summed E-state index contributed by atoms with van der Waals surface area (Å²) in [5, 5.41) is 10.8. The van der Waals surface area contributed by atoms with Crippen LogP contribution < -0.4 is 21.7 Å². The van der Waals surface area contributed by atoms with Crippen LogP contribution in [0.25, 0.3) is 10.9 Å². The Balaban J connectivity index is 1.78. The van der Waals surface area contributed by atoms with Crippen LogP contribution in [-0.4, -0.2) is 40.5 Å². The summed E-state index contributed by atoms with van der Waals surface area (Å²) in [7, 11) is 0. The quantitative estimate of drug-likeness (QED) is 0.569. The van der Waals surface area contributed by atoms with Crippen molar-refractivity contribution in [3.05, 3.63) is 24.3 Å². The molecule has 3 rings (SSSR count). The van der Waals surface area contributed by atoms with E-state index in [0.717, 1.165) is 49.6 Å². The summed E-state index contributed by atoms with van der Waals surface area (Å²) < 4.78 is 0. The van der Waals surface area contributed by atoms with Gasteiger partial charge < -0.3 is 21.7 Å². The van der Waals surface area contributed by atoms with E-state index in [1.807, 2.05) is 24.3 Å². The lowest BCUT2D eigenvalue weighted by Gasteiger charge is -2.32. The molecule has 2 atom stereocenters. The molecule has 7 nitrogen and oxygen atoms in total. The first-order valence-corrected chi connectivity index (χ1v) is 9.82. The Bertz CT molecular complexity index is 789. The van der Waals surface area contributed by atoms with Crippen molar-refractivity contribution in [1.29, 1.82) is 0 Å². The summed E-state index contributed by atoms with van der Waals surface area (Å²) in [4.78, 5) is 21.2. The molecule has 1 unspecified atom stereocenters. The van der Waals surface area contributed by atoms with Gasteiger partial charge in [-0.25, -0.2) is 4.98 Å². The SMILES string of the molecule is CCCCC(C)(CNC(=O)[C@@H]1CCCN1)Nc1nc(N)nc2ccccc12. The number of hydrogen-bond donors (Lipinski definition) is 4. The van der Waals surface area contributed by atoms with Crippen molar-refractivity contribution in [2.45, 2.75) is 57.5 Å². The number of anilines is 2. The molecule has 1 fully saturated rings. The molecule has 1 amide bonds. The number of carbonyl (C=O) groups is 1. The van der Waals surface area contributed by atoms with Crippen LogP contribution in [0.3, 0.4) is 0 Å². The predicted molar refractivity (Wildman–Crippen MR) is 110 cm³/mol. The number of nitrogens with one attached hydrogen (secondary N) is 3. The van der Waals surface area contributed by atoms with Gasteiger partial charge in [-0.05, 0) is 44.9 Å². The van der Waals surface area contributed by atoms with E-state index in [1.54, 1.807) is 0 Å². The van der Waals surface area contributed by atoms with Gasteiger partial charge in [-0.2, -0.15) is 4.98 Å². The fourth-order valence-corrected chi connectivity index (χ4v) is 3.55. The Labute approximate surface area is 160 Å². The number of amides is 1. The number of nitrogens with two attached hydrogens (primary N) is 1. The fourth-order valence-electron chi connectivity index (χ4n) is 3.55. The number of benzene rings is 1. The topological polar surface area (TPSA) is 105 Å². The Kier molecular flexibility index (Phi) is 6.11. The molecule has 27 heavy (non-hydrogen) atoms. The van der Waals surface area contributed by atoms with Gasteiger partial charge in [0.05, 0.1) is 17.1 Å². The highest BCUT2D eigenvalue weighted by Crippen LogP contribution is 2.26. The van der Waals surface area contributed by atoms with Gasteiger partial charge in [-0.1, -0.05) is 31.9 Å². The second-order valence-electron chi connectivity index (χ2n) is 7.60. The van der Waals surface area contributed by atoms with Crippen molar-refractivity contribution >= 4 is 28.6 Å². The Morgan fingerprint density at radius 3 is 2.93 bits per heavy atom. The highest BCUT2D eigenvalue weighted by atomic mass is 16.2. The monoisotopic (exact) mass is 370 g/mol. The van der Waals surface area contributed by atoms with Gasteiger partial charge in [0.15, 0.2) is 0 Å². The van der Waals surface area contributed by atoms with Crippen molar-refractivity contribution in [2.75, 3.05) is 24.1 Å². The van der Waals surface area contributed by atoms with Crippen LogP contribution in [0.4, 0.5) is 11.8 Å². The predicted octanol–water partition coefficient (Wildman–Crippen LogP) is 2.44. The average molecular weight is 371 g/mol. The van der Waals surface area contributed by atoms with Gasteiger partial charge in [0.25, 0.3) is 0 Å². The first kappa shape index (κ1) is 19.4. The first-order valence-electron chi connectivity index (χ1n) is 9.82. The van der Waals surface area contributed by atoms with Gasteiger partial charge in [-0.15, -0.1) is 0 Å². The molecule has 7 heteroatoms. The second-order valence-corrected chi connectivity index (χ2v) is 7.60. The van der Waals surface area contributed by atoms with E-state index >= 15 is 0 Å². The fraction of sp³-hybridized carbons (Fsp3) is 0.550. The molecule has 2 aromatic rings. The number of nitrogens with zero attached hydrogens (tertiary/aromatic N) is 2. The van der Waals surface area contributed by atoms with Crippen LogP contribution in [0.2, 0.25) is 0 Å². The molecule has 5 N–H and O–H groups in total. The molecular formula is C20H30N6O. The van der Waals surface area contributed by atoms with Gasteiger partial charge >= 0.3 is 0 Å². The van der Waals surface area contributed by atoms with Gasteiger partial charge in [0.1, 0.15) is 5.82 Å². The largest absolute Gasteiger partial charge is 0.368 e. The Hall–Kier alpha value is -2.41. The van der Waals surface area contributed by atoms with E-state index in [9.17, 15) is 4.79 Å². The summed E-state index contributed by atoms with van der Waals surface area (Å²) in [6.45, 7) is 5.73. The van der Waals surface area contributed by atoms with Crippen LogP contribution in [0, 0.1) is 0 Å². The van der Waals surface area contributed by atoms with E-state index in [4.69, 9.17) is 5.73 Å². The lowest BCUT2D eigenvalue weighted by Crippen LogP contribution is -2.50. The molecule has 2 heterocycles. The number of fused-ring (bicyclic) bond motifs is 1. The summed E-state index contributed by atoms with van der Waals surface area (Å²) in [6, 6.07) is 7.73. The molecule has 1 aromatic heterocycles. The molecule has 0 saturated carbocycles. The smallest absolute Gasteiger partial charge is 0.237 e. The first-order chi connectivity index (χ1) is 13.0. The molecule has 0 radical (unpaired) electrons. The van der Waals surface area contributed by atoms with Gasteiger partial charge in [0.2, 0.25) is 11.9 Å². The zero-order valence-electron chi connectivity index (χ0n) is 16.2. The van der Waals surface area contributed by atoms with Crippen molar-refractivity contribution in [3.8, 4) is 0 Å². The summed E-state index contributed by atoms with van der Waals surface area (Å²) in [5.74, 6) is 1.03. The van der Waals surface area contributed by atoms with E-state index in [2.05, 4.69) is 39.8 Å². The molecule has 1 aliphatic heterocycles. The summed E-state index contributed by atoms with van der Waals surface area (Å²) in [6.07, 6.45) is 5.01. The van der Waals surface area contributed by atoms with Gasteiger partial charge in [0, 0.05) is 11.9 Å². The van der Waals surface area contributed by atoms with E-state index in [0.29, 0.717) is 12.4 Å². The van der Waals surface area contributed by atoms with Crippen molar-refractivity contribution in [3.63, 3.8) is 0 Å². The number of unbranched alkanes of at least 4 members (excludes halogenated alkanes) is 1. The average Bonchev–Trinajstić information content (AvgIpc) is 3.19. The number of para-hydroxylation sites is 1. The summed E-state index contributed by atoms with van der Waals surface area (Å²) in [5.41, 5.74) is 6.39. The maximum atomic E-state index is 12.4. The molecule has 1 aromatic carbocycles. The van der Waals surface area contributed by atoms with Crippen molar-refractivity contribution < 1.29 is 4.79 Å². The number of hydrogen-bond acceptors (Lipinski definition) is 6. The van der Waals surface area contributed by atoms with E-state index in [-0.39, 0.29) is 23.4 Å². The van der Waals surface area contributed by atoms with Crippen molar-refractivity contribution in [1.82, 2.24) is 20.6 Å². The number of aromatic nitrogens is 2. The Morgan fingerprint density at radius 2 is 2.19 bits per heavy atom. The molecule has 0 bridgehead atoms. The lowest BCUT2D eigenvalue weighted by atomic mass is 9.94. The normalized spacial score (nSPS) is 19.0. The van der Waals surface area contributed by atoms with Crippen LogP contribution in [0.5, 0.6) is 0 Å². The standard InChI is InChI=1S/C20H30N6O/c1-3-4-11-20(2,13-23-18(27)16-10-7-12-22-16)26-17-14-8-5-6-9-15(14)24-19(21)25-17/h5-6,8-9,16,22H,3-4,7,10-13H2,1-2H3,(H,23,27)(H3,21,24,25,26)/t16-,20?/m0/s1. The summed E-state index contributed by atoms with van der Waals surface area (Å²) >= 11 is 0. The third-order valence-corrected chi connectivity index (χ3v) is 5.15. The van der Waals surface area contributed by atoms with Crippen LogP contribution in [0.1, 0.15) is 46.0 Å². The third-order valence-electron chi connectivity index (χ3n) is 5.15. The minimum atomic E-state index is -0.326. The maximum Gasteiger partial charge on any atom is 0.237 e. The zero-order valence-corrected chi connectivity index (χ0v) is 16.2. The number of rotatable bonds is 8. The number of carbonyl (C=O) groups excluding carboxylic acids is 1. The molecule has 1 aliphatic rings. The minimum absolute atomic E-state index is 0.0732. The minimum Gasteiger partial charge on any atom is -0.368 e. The Morgan fingerprint density at radius 1 is 1.37 bits per heavy atom. The molecular weight excluding hydrogens is 340 g/mol. The van der Waals surface area contributed by atoms with Crippen molar-refractivity contribution in [2.24, 2.45) is 0 Å². The molecule has 146 valence electrons. The highest BCUT2D eigenvalue weighted by Gasteiger charge is 2.28. The van der Waals surface area contributed by atoms with E-state index < -0.39 is 0 Å². The number of nitrogen functional groups attached to an aromatic ring is 1. The van der Waals surface area contributed by atoms with Crippen LogP contribution in [0.15, 0.2) is 24.3 Å². The van der Waals surface area contributed by atoms with Gasteiger partial charge in [-0.3, -0.25) is 4.79 Å². The zero-order chi connectivity index (χ0) is 19.3. The second kappa shape index (κ2) is 8.52. The van der Waals surface area contributed by atoms with Crippen LogP contribution in [-0.2, 0) is 4.79 Å². The maximum absolute atomic E-state index is 12.4.